The predicted molar refractivity (Wildman–Crippen MR) is 76.5 cm³/mol. The van der Waals surface area contributed by atoms with E-state index in [1.165, 1.54) is 29.2 Å². The lowest BCUT2D eigenvalue weighted by molar-refractivity contribution is -0.0584. The molecule has 0 saturated heterocycles. The number of fused-ring (bicyclic) bond motifs is 1. The Bertz CT molecular complexity index is 748. The Hall–Kier alpha value is -3.00. The van der Waals surface area contributed by atoms with E-state index in [1.54, 1.807) is 19.2 Å². The SMILES string of the molecule is COCCn1cc(C(=O)ON2C(=O)c3ccccc3C2=O)cn1. The van der Waals surface area contributed by atoms with Crippen LogP contribution in [0.25, 0.3) is 0 Å². The molecule has 1 aromatic carbocycles. The van der Waals surface area contributed by atoms with Crippen molar-refractivity contribution in [2.45, 2.75) is 6.54 Å². The van der Waals surface area contributed by atoms with Crippen molar-refractivity contribution in [3.8, 4) is 0 Å². The molecule has 1 aliphatic rings. The number of carbonyl (C=O) groups excluding carboxylic acids is 3. The van der Waals surface area contributed by atoms with Gasteiger partial charge in [0, 0.05) is 13.3 Å². The highest BCUT2D eigenvalue weighted by Crippen LogP contribution is 2.23. The number of hydrogen-bond donors (Lipinski definition) is 0. The average molecular weight is 315 g/mol. The molecule has 1 aliphatic heterocycles. The number of nitrogens with zero attached hydrogens (tertiary/aromatic N) is 3. The molecule has 0 spiro atoms. The molecule has 0 fully saturated rings. The van der Waals surface area contributed by atoms with E-state index in [0.29, 0.717) is 18.2 Å². The Morgan fingerprint density at radius 1 is 1.17 bits per heavy atom. The fourth-order valence-corrected chi connectivity index (χ4v) is 2.16. The Morgan fingerprint density at radius 2 is 1.83 bits per heavy atom. The molecule has 8 nitrogen and oxygen atoms in total. The van der Waals surface area contributed by atoms with Crippen LogP contribution in [0.15, 0.2) is 36.7 Å². The van der Waals surface area contributed by atoms with Crippen LogP contribution in [0, 0.1) is 0 Å². The van der Waals surface area contributed by atoms with Gasteiger partial charge >= 0.3 is 5.97 Å². The summed E-state index contributed by atoms with van der Waals surface area (Å²) in [5.74, 6) is -2.15. The molecule has 1 aromatic heterocycles. The zero-order valence-electron chi connectivity index (χ0n) is 12.3. The third kappa shape index (κ3) is 2.71. The summed E-state index contributed by atoms with van der Waals surface area (Å²) in [5.41, 5.74) is 0.555. The van der Waals surface area contributed by atoms with Crippen molar-refractivity contribution in [1.82, 2.24) is 14.8 Å². The lowest BCUT2D eigenvalue weighted by atomic mass is 10.1. The highest BCUT2D eigenvalue weighted by Gasteiger charge is 2.38. The smallest absolute Gasteiger partial charge is 0.367 e. The second kappa shape index (κ2) is 6.01. The fourth-order valence-electron chi connectivity index (χ4n) is 2.16. The van der Waals surface area contributed by atoms with Gasteiger partial charge in [0.05, 0.1) is 36.0 Å². The minimum atomic E-state index is -0.830. The highest BCUT2D eigenvalue weighted by atomic mass is 16.7. The normalized spacial score (nSPS) is 13.3. The van der Waals surface area contributed by atoms with Crippen LogP contribution in [0.3, 0.4) is 0 Å². The molecular formula is C15H13N3O5. The molecule has 0 saturated carbocycles. The first kappa shape index (κ1) is 14.9. The molecule has 0 bridgehead atoms. The van der Waals surface area contributed by atoms with Crippen LogP contribution in [-0.2, 0) is 16.1 Å². The minimum absolute atomic E-state index is 0.137. The van der Waals surface area contributed by atoms with Crippen LogP contribution in [0.2, 0.25) is 0 Å². The Labute approximate surface area is 131 Å². The Balaban J connectivity index is 1.73. The van der Waals surface area contributed by atoms with Gasteiger partial charge in [-0.15, -0.1) is 0 Å². The number of aromatic nitrogens is 2. The summed E-state index contributed by atoms with van der Waals surface area (Å²) in [5, 5.41) is 4.45. The molecule has 118 valence electrons. The summed E-state index contributed by atoms with van der Waals surface area (Å²) in [6, 6.07) is 6.28. The number of rotatable bonds is 5. The Kier molecular flexibility index (Phi) is 3.90. The van der Waals surface area contributed by atoms with Gasteiger partial charge in [0.1, 0.15) is 0 Å². The molecule has 0 radical (unpaired) electrons. The summed E-state index contributed by atoms with van der Waals surface area (Å²) in [6.45, 7) is 0.908. The summed E-state index contributed by atoms with van der Waals surface area (Å²) in [7, 11) is 1.56. The summed E-state index contributed by atoms with van der Waals surface area (Å²) >= 11 is 0. The number of amides is 2. The number of methoxy groups -OCH3 is 1. The molecule has 23 heavy (non-hydrogen) atoms. The van der Waals surface area contributed by atoms with Gasteiger partial charge in [-0.2, -0.15) is 5.10 Å². The second-order valence-electron chi connectivity index (χ2n) is 4.81. The standard InChI is InChI=1S/C15H13N3O5/c1-22-7-6-17-9-10(8-16-17)15(21)23-18-13(19)11-4-2-3-5-12(11)14(18)20/h2-5,8-9H,6-7H2,1H3. The van der Waals surface area contributed by atoms with Crippen molar-refractivity contribution in [3.63, 3.8) is 0 Å². The summed E-state index contributed by atoms with van der Waals surface area (Å²) in [4.78, 5) is 41.2. The topological polar surface area (TPSA) is 90.7 Å². The number of ether oxygens (including phenoxy) is 1. The third-order valence-electron chi connectivity index (χ3n) is 3.32. The van der Waals surface area contributed by atoms with Gasteiger partial charge in [0.25, 0.3) is 11.8 Å². The van der Waals surface area contributed by atoms with Crippen molar-refractivity contribution < 1.29 is 24.0 Å². The largest absolute Gasteiger partial charge is 0.383 e. The first-order valence-corrected chi connectivity index (χ1v) is 6.83. The molecule has 0 atom stereocenters. The number of hydrogen-bond acceptors (Lipinski definition) is 6. The molecule has 8 heteroatoms. The van der Waals surface area contributed by atoms with Crippen LogP contribution in [0.5, 0.6) is 0 Å². The van der Waals surface area contributed by atoms with Crippen molar-refractivity contribution in [3.05, 3.63) is 53.3 Å². The molecule has 2 heterocycles. The van der Waals surface area contributed by atoms with Gasteiger partial charge in [0.15, 0.2) is 0 Å². The van der Waals surface area contributed by atoms with Gasteiger partial charge in [-0.05, 0) is 12.1 Å². The highest BCUT2D eigenvalue weighted by molar-refractivity contribution is 6.21. The molecule has 0 N–H and O–H groups in total. The fraction of sp³-hybridized carbons (Fsp3) is 0.200. The van der Waals surface area contributed by atoms with E-state index in [9.17, 15) is 14.4 Å². The summed E-state index contributed by atoms with van der Waals surface area (Å²) in [6.07, 6.45) is 2.76. The monoisotopic (exact) mass is 315 g/mol. The van der Waals surface area contributed by atoms with E-state index in [-0.39, 0.29) is 16.7 Å². The molecule has 0 unspecified atom stereocenters. The van der Waals surface area contributed by atoms with Crippen molar-refractivity contribution >= 4 is 17.8 Å². The number of imide groups is 1. The maximum Gasteiger partial charge on any atom is 0.367 e. The maximum absolute atomic E-state index is 12.1. The van der Waals surface area contributed by atoms with E-state index >= 15 is 0 Å². The van der Waals surface area contributed by atoms with E-state index < -0.39 is 17.8 Å². The Morgan fingerprint density at radius 3 is 2.43 bits per heavy atom. The van der Waals surface area contributed by atoms with Gasteiger partial charge in [-0.3, -0.25) is 14.3 Å². The molecular weight excluding hydrogens is 302 g/mol. The van der Waals surface area contributed by atoms with Crippen LogP contribution < -0.4 is 0 Å². The number of carbonyl (C=O) groups is 3. The number of benzene rings is 1. The first-order chi connectivity index (χ1) is 11.1. The van der Waals surface area contributed by atoms with Crippen LogP contribution >= 0.6 is 0 Å². The summed E-state index contributed by atoms with van der Waals surface area (Å²) < 4.78 is 6.41. The van der Waals surface area contributed by atoms with Gasteiger partial charge in [0.2, 0.25) is 0 Å². The van der Waals surface area contributed by atoms with Gasteiger partial charge in [-0.1, -0.05) is 17.2 Å². The zero-order valence-corrected chi connectivity index (χ0v) is 12.3. The third-order valence-corrected chi connectivity index (χ3v) is 3.32. The van der Waals surface area contributed by atoms with Gasteiger partial charge in [-0.25, -0.2) is 4.79 Å². The minimum Gasteiger partial charge on any atom is -0.383 e. The predicted octanol–water partition coefficient (Wildman–Crippen LogP) is 0.897. The van der Waals surface area contributed by atoms with Gasteiger partial charge < -0.3 is 9.57 Å². The van der Waals surface area contributed by atoms with Crippen molar-refractivity contribution in [1.29, 1.82) is 0 Å². The van der Waals surface area contributed by atoms with E-state index in [1.807, 2.05) is 0 Å². The lowest BCUT2D eigenvalue weighted by Crippen LogP contribution is -2.32. The van der Waals surface area contributed by atoms with Crippen molar-refractivity contribution in [2.24, 2.45) is 0 Å². The lowest BCUT2D eigenvalue weighted by Gasteiger charge is -2.11. The first-order valence-electron chi connectivity index (χ1n) is 6.83. The van der Waals surface area contributed by atoms with Crippen molar-refractivity contribution in [2.75, 3.05) is 13.7 Å². The van der Waals surface area contributed by atoms with Crippen LogP contribution in [-0.4, -0.2) is 46.3 Å². The van der Waals surface area contributed by atoms with Crippen LogP contribution in [0.4, 0.5) is 0 Å². The second-order valence-corrected chi connectivity index (χ2v) is 4.81. The quantitative estimate of drug-likeness (QED) is 0.761. The molecule has 0 aliphatic carbocycles. The number of hydroxylamine groups is 2. The molecule has 3 rings (SSSR count). The van der Waals surface area contributed by atoms with E-state index in [4.69, 9.17) is 9.57 Å². The molecule has 2 aromatic rings. The van der Waals surface area contributed by atoms with Crippen LogP contribution in [0.1, 0.15) is 31.1 Å². The van der Waals surface area contributed by atoms with E-state index in [0.717, 1.165) is 0 Å². The van der Waals surface area contributed by atoms with E-state index in [2.05, 4.69) is 5.10 Å². The zero-order chi connectivity index (χ0) is 16.4. The molecule has 2 amide bonds. The average Bonchev–Trinajstić information content (AvgIpc) is 3.13. The maximum atomic E-state index is 12.1.